The highest BCUT2D eigenvalue weighted by Crippen LogP contribution is 2.31. The molecule has 0 radical (unpaired) electrons. The van der Waals surface area contributed by atoms with Crippen molar-refractivity contribution in [2.75, 3.05) is 18.1 Å². The first-order valence-electron chi connectivity index (χ1n) is 7.50. The van der Waals surface area contributed by atoms with Gasteiger partial charge in [-0.2, -0.15) is 0 Å². The lowest BCUT2D eigenvalue weighted by molar-refractivity contribution is -0.386. The number of fused-ring (bicyclic) bond motifs is 1. The van der Waals surface area contributed by atoms with Crippen LogP contribution in [0.4, 0.5) is 11.4 Å². The van der Waals surface area contributed by atoms with Crippen molar-refractivity contribution in [3.05, 3.63) is 64.6 Å². The van der Waals surface area contributed by atoms with Gasteiger partial charge >= 0.3 is 5.69 Å². The van der Waals surface area contributed by atoms with Crippen LogP contribution in [-0.2, 0) is 16.3 Å². The molecule has 0 aliphatic heterocycles. The van der Waals surface area contributed by atoms with E-state index in [0.717, 1.165) is 17.6 Å². The van der Waals surface area contributed by atoms with Crippen molar-refractivity contribution in [1.82, 2.24) is 9.38 Å². The summed E-state index contributed by atoms with van der Waals surface area (Å²) in [4.78, 5) is 14.8. The van der Waals surface area contributed by atoms with E-state index in [9.17, 15) is 18.5 Å². The first kappa shape index (κ1) is 16.9. The number of nitro groups is 1. The van der Waals surface area contributed by atoms with Gasteiger partial charge in [0.2, 0.25) is 0 Å². The molecule has 0 amide bonds. The van der Waals surface area contributed by atoms with E-state index in [1.54, 1.807) is 0 Å². The number of pyridine rings is 1. The maximum Gasteiger partial charge on any atom is 0.310 e. The van der Waals surface area contributed by atoms with Crippen molar-refractivity contribution >= 4 is 26.9 Å². The Morgan fingerprint density at radius 2 is 2.04 bits per heavy atom. The van der Waals surface area contributed by atoms with Gasteiger partial charge in [-0.25, -0.2) is 13.4 Å². The average Bonchev–Trinajstić information content (AvgIpc) is 2.96. The second-order valence-electron chi connectivity index (χ2n) is 5.56. The van der Waals surface area contributed by atoms with Gasteiger partial charge in [-0.15, -0.1) is 0 Å². The first-order valence-corrected chi connectivity index (χ1v) is 9.39. The van der Waals surface area contributed by atoms with E-state index in [1.165, 1.54) is 18.2 Å². The lowest BCUT2D eigenvalue weighted by Crippen LogP contribution is -2.10. The number of sulfone groups is 1. The SMILES string of the molecule is CS(=O)(=O)c1cccc(NCCc2cn3ccccc3n2)c1[N+](=O)[O-]. The number of hydrogen-bond donors (Lipinski definition) is 1. The summed E-state index contributed by atoms with van der Waals surface area (Å²) in [7, 11) is -3.69. The molecular weight excluding hydrogens is 344 g/mol. The maximum atomic E-state index is 11.8. The van der Waals surface area contributed by atoms with E-state index in [2.05, 4.69) is 10.3 Å². The molecule has 3 aromatic rings. The molecule has 0 fully saturated rings. The van der Waals surface area contributed by atoms with Gasteiger partial charge in [-0.3, -0.25) is 10.1 Å². The summed E-state index contributed by atoms with van der Waals surface area (Å²) < 4.78 is 25.4. The Morgan fingerprint density at radius 1 is 1.24 bits per heavy atom. The summed E-state index contributed by atoms with van der Waals surface area (Å²) in [5.41, 5.74) is 1.40. The number of nitrogens with zero attached hydrogens (tertiary/aromatic N) is 3. The Labute approximate surface area is 144 Å². The molecule has 0 aliphatic carbocycles. The van der Waals surface area contributed by atoms with Gasteiger partial charge in [0, 0.05) is 31.6 Å². The second kappa shape index (κ2) is 6.52. The van der Waals surface area contributed by atoms with Crippen LogP contribution in [0.25, 0.3) is 5.65 Å². The van der Waals surface area contributed by atoms with E-state index in [-0.39, 0.29) is 10.6 Å². The summed E-state index contributed by atoms with van der Waals surface area (Å²) in [5, 5.41) is 14.3. The molecule has 0 aliphatic rings. The zero-order valence-corrected chi connectivity index (χ0v) is 14.2. The van der Waals surface area contributed by atoms with E-state index in [4.69, 9.17) is 0 Å². The van der Waals surface area contributed by atoms with Gasteiger partial charge in [0.05, 0.1) is 10.6 Å². The molecule has 0 saturated carbocycles. The Hall–Kier alpha value is -2.94. The molecule has 0 unspecified atom stereocenters. The van der Waals surface area contributed by atoms with Crippen LogP contribution < -0.4 is 5.32 Å². The summed E-state index contributed by atoms with van der Waals surface area (Å²) >= 11 is 0. The van der Waals surface area contributed by atoms with Crippen molar-refractivity contribution in [2.45, 2.75) is 11.3 Å². The Morgan fingerprint density at radius 3 is 2.72 bits per heavy atom. The van der Waals surface area contributed by atoms with Crippen LogP contribution in [0, 0.1) is 10.1 Å². The Balaban J connectivity index is 1.80. The zero-order valence-electron chi connectivity index (χ0n) is 13.4. The summed E-state index contributed by atoms with van der Waals surface area (Å²) in [6, 6.07) is 9.90. The third-order valence-electron chi connectivity index (χ3n) is 3.69. The van der Waals surface area contributed by atoms with Crippen LogP contribution in [-0.4, -0.2) is 35.5 Å². The second-order valence-corrected chi connectivity index (χ2v) is 7.54. The molecule has 2 heterocycles. The van der Waals surface area contributed by atoms with E-state index < -0.39 is 20.4 Å². The average molecular weight is 360 g/mol. The lowest BCUT2D eigenvalue weighted by atomic mass is 10.2. The molecule has 0 spiro atoms. The van der Waals surface area contributed by atoms with Gasteiger partial charge in [0.1, 0.15) is 16.2 Å². The topological polar surface area (TPSA) is 107 Å². The monoisotopic (exact) mass is 360 g/mol. The van der Waals surface area contributed by atoms with E-state index in [1.807, 2.05) is 35.0 Å². The zero-order chi connectivity index (χ0) is 18.0. The van der Waals surface area contributed by atoms with Crippen molar-refractivity contribution in [1.29, 1.82) is 0 Å². The summed E-state index contributed by atoms with van der Waals surface area (Å²) in [6.45, 7) is 0.387. The maximum absolute atomic E-state index is 11.8. The molecular formula is C16H16N4O4S. The molecule has 130 valence electrons. The van der Waals surface area contributed by atoms with Crippen LogP contribution in [0.3, 0.4) is 0 Å². The molecule has 3 rings (SSSR count). The van der Waals surface area contributed by atoms with Crippen LogP contribution in [0.1, 0.15) is 5.69 Å². The summed E-state index contributed by atoms with van der Waals surface area (Å²) in [5.74, 6) is 0. The number of nitrogens with one attached hydrogen (secondary N) is 1. The van der Waals surface area contributed by atoms with E-state index in [0.29, 0.717) is 13.0 Å². The predicted octanol–water partition coefficient (Wildman–Crippen LogP) is 2.30. The highest BCUT2D eigenvalue weighted by atomic mass is 32.2. The van der Waals surface area contributed by atoms with Gasteiger partial charge in [0.15, 0.2) is 9.84 Å². The summed E-state index contributed by atoms with van der Waals surface area (Å²) in [6.07, 6.45) is 5.27. The van der Waals surface area contributed by atoms with Gasteiger partial charge in [0.25, 0.3) is 0 Å². The first-order chi connectivity index (χ1) is 11.9. The van der Waals surface area contributed by atoms with Gasteiger partial charge in [-0.1, -0.05) is 12.1 Å². The molecule has 0 saturated heterocycles. The normalized spacial score (nSPS) is 11.6. The molecule has 9 heteroatoms. The highest BCUT2D eigenvalue weighted by Gasteiger charge is 2.25. The Bertz CT molecular complexity index is 1010. The van der Waals surface area contributed by atoms with Crippen LogP contribution >= 0.6 is 0 Å². The van der Waals surface area contributed by atoms with Gasteiger partial charge in [-0.05, 0) is 24.3 Å². The van der Waals surface area contributed by atoms with E-state index >= 15 is 0 Å². The molecule has 8 nitrogen and oxygen atoms in total. The fourth-order valence-corrected chi connectivity index (χ4v) is 3.45. The molecule has 0 atom stereocenters. The van der Waals surface area contributed by atoms with Crippen molar-refractivity contribution in [3.8, 4) is 0 Å². The number of hydrogen-bond acceptors (Lipinski definition) is 6. The Kier molecular flexibility index (Phi) is 4.41. The fraction of sp³-hybridized carbons (Fsp3) is 0.188. The number of rotatable bonds is 6. The lowest BCUT2D eigenvalue weighted by Gasteiger charge is -2.08. The molecule has 1 aromatic carbocycles. The minimum Gasteiger partial charge on any atom is -0.379 e. The number of aromatic nitrogens is 2. The quantitative estimate of drug-likeness (QED) is 0.534. The third-order valence-corrected chi connectivity index (χ3v) is 4.82. The molecule has 2 aromatic heterocycles. The van der Waals surface area contributed by atoms with Gasteiger partial charge < -0.3 is 9.72 Å². The van der Waals surface area contributed by atoms with Crippen molar-refractivity contribution < 1.29 is 13.3 Å². The number of para-hydroxylation sites is 1. The minimum atomic E-state index is -3.69. The number of benzene rings is 1. The van der Waals surface area contributed by atoms with Crippen molar-refractivity contribution in [3.63, 3.8) is 0 Å². The number of imidazole rings is 1. The largest absolute Gasteiger partial charge is 0.379 e. The molecule has 0 bridgehead atoms. The minimum absolute atomic E-state index is 0.177. The van der Waals surface area contributed by atoms with Crippen molar-refractivity contribution in [2.24, 2.45) is 0 Å². The third kappa shape index (κ3) is 3.61. The highest BCUT2D eigenvalue weighted by molar-refractivity contribution is 7.90. The number of anilines is 1. The number of nitro benzene ring substituents is 1. The molecule has 25 heavy (non-hydrogen) atoms. The van der Waals surface area contributed by atoms with Crippen LogP contribution in [0.15, 0.2) is 53.7 Å². The van der Waals surface area contributed by atoms with Crippen LogP contribution in [0.5, 0.6) is 0 Å². The van der Waals surface area contributed by atoms with Crippen LogP contribution in [0.2, 0.25) is 0 Å². The fourth-order valence-electron chi connectivity index (χ4n) is 2.59. The standard InChI is InChI=1S/C16H16N4O4S/c1-25(23,24)14-6-4-5-13(16(14)20(21)22)17-9-8-12-11-19-10-3-2-7-15(19)18-12/h2-7,10-11,17H,8-9H2,1H3. The molecule has 1 N–H and O–H groups in total. The predicted molar refractivity (Wildman–Crippen MR) is 93.6 cm³/mol. The smallest absolute Gasteiger partial charge is 0.310 e.